The van der Waals surface area contributed by atoms with Crippen molar-refractivity contribution in [2.24, 2.45) is 0 Å². The van der Waals surface area contributed by atoms with Gasteiger partial charge in [0.05, 0.1) is 0 Å². The minimum atomic E-state index is 0.611. The van der Waals surface area contributed by atoms with Gasteiger partial charge >= 0.3 is 20.0 Å². The molecule has 0 rings (SSSR count). The van der Waals surface area contributed by atoms with Gasteiger partial charge in [-0.25, -0.2) is 0 Å². The van der Waals surface area contributed by atoms with Crippen molar-refractivity contribution < 1.29 is 3.80 Å². The van der Waals surface area contributed by atoms with Crippen LogP contribution in [0.4, 0.5) is 0 Å². The molecule has 1 radical (unpaired) electrons. The Morgan fingerprint density at radius 1 is 1.10 bits per heavy atom. The van der Waals surface area contributed by atoms with E-state index in [2.05, 4.69) is 13.8 Å². The summed E-state index contributed by atoms with van der Waals surface area (Å²) in [6.45, 7) is 6.02. The van der Waals surface area contributed by atoms with Crippen LogP contribution in [0, 0.1) is 6.92 Å². The molecule has 59 valence electrons. The van der Waals surface area contributed by atoms with Crippen molar-refractivity contribution in [3.05, 3.63) is 6.92 Å². The van der Waals surface area contributed by atoms with Gasteiger partial charge in [0.15, 0.2) is 0 Å². The van der Waals surface area contributed by atoms with E-state index in [1.165, 1.54) is 32.1 Å². The summed E-state index contributed by atoms with van der Waals surface area (Å²) in [7, 11) is 0. The molecule has 0 heterocycles. The molecular formula is C8H18AlO. The van der Waals surface area contributed by atoms with Crippen LogP contribution in [-0.2, 0) is 3.80 Å². The Kier molecular flexibility index (Phi) is 20.9. The standard InChI is InChI=1S/C8H17.Al.O.H/c1-3-5-7-8-6-4-2;;;/h1,3-8H2,2H3;;;. The van der Waals surface area contributed by atoms with E-state index in [1.54, 1.807) is 0 Å². The van der Waals surface area contributed by atoms with E-state index in [4.69, 9.17) is 3.80 Å². The maximum absolute atomic E-state index is 8.28. The minimum absolute atomic E-state index is 0.611. The third-order valence-electron chi connectivity index (χ3n) is 1.35. The van der Waals surface area contributed by atoms with E-state index >= 15 is 0 Å². The van der Waals surface area contributed by atoms with Gasteiger partial charge in [-0.3, -0.25) is 0 Å². The zero-order valence-corrected chi connectivity index (χ0v) is 8.48. The summed E-state index contributed by atoms with van der Waals surface area (Å²) in [5.74, 6) is 0. The third kappa shape index (κ3) is 15.8. The predicted octanol–water partition coefficient (Wildman–Crippen LogP) is 2.41. The first-order valence-electron chi connectivity index (χ1n) is 4.00. The van der Waals surface area contributed by atoms with Crippen molar-refractivity contribution in [3.63, 3.8) is 0 Å². The topological polar surface area (TPSA) is 17.1 Å². The quantitative estimate of drug-likeness (QED) is 0.442. The second-order valence-corrected chi connectivity index (χ2v) is 2.27. The van der Waals surface area contributed by atoms with Gasteiger partial charge in [0.2, 0.25) is 0 Å². The second-order valence-electron chi connectivity index (χ2n) is 2.27. The molecule has 10 heavy (non-hydrogen) atoms. The molecule has 0 aromatic heterocycles. The molecule has 0 atom stereocenters. The van der Waals surface area contributed by atoms with E-state index in [9.17, 15) is 0 Å². The van der Waals surface area contributed by atoms with Gasteiger partial charge in [0, 0.05) is 0 Å². The van der Waals surface area contributed by atoms with Crippen LogP contribution in [-0.4, -0.2) is 16.2 Å². The van der Waals surface area contributed by atoms with Crippen LogP contribution in [0.3, 0.4) is 0 Å². The SMILES string of the molecule is [CH2]CCCCCCC.[O]=[AlH]. The van der Waals surface area contributed by atoms with E-state index < -0.39 is 0 Å². The van der Waals surface area contributed by atoms with Gasteiger partial charge in [-0.1, -0.05) is 52.4 Å². The monoisotopic (exact) mass is 157 g/mol. The summed E-state index contributed by atoms with van der Waals surface area (Å²) >= 11 is 0.611. The number of hydrogen-bond donors (Lipinski definition) is 0. The zero-order valence-electron chi connectivity index (χ0n) is 7.07. The Bertz CT molecular complexity index is 42.5. The van der Waals surface area contributed by atoms with Gasteiger partial charge in [0.1, 0.15) is 0 Å². The molecule has 0 N–H and O–H groups in total. The van der Waals surface area contributed by atoms with Crippen LogP contribution in [0.25, 0.3) is 0 Å². The van der Waals surface area contributed by atoms with Crippen LogP contribution in [0.1, 0.15) is 45.4 Å². The normalized spacial score (nSPS) is 8.10. The summed E-state index contributed by atoms with van der Waals surface area (Å²) in [5.41, 5.74) is 0. The molecule has 1 nitrogen and oxygen atoms in total. The molecular weight excluding hydrogens is 139 g/mol. The van der Waals surface area contributed by atoms with Gasteiger partial charge < -0.3 is 0 Å². The molecule has 0 amide bonds. The summed E-state index contributed by atoms with van der Waals surface area (Å²) in [6.07, 6.45) is 7.98. The Labute approximate surface area is 72.8 Å². The predicted molar refractivity (Wildman–Crippen MR) is 46.6 cm³/mol. The Hall–Kier alpha value is 0.332. The van der Waals surface area contributed by atoms with E-state index in [0.717, 1.165) is 6.42 Å². The first-order chi connectivity index (χ1) is 4.91. The fourth-order valence-corrected chi connectivity index (χ4v) is 0.780. The molecule has 0 aliphatic carbocycles. The maximum atomic E-state index is 8.28. The second kappa shape index (κ2) is 16.2. The summed E-state index contributed by atoms with van der Waals surface area (Å²) < 4.78 is 8.28. The van der Waals surface area contributed by atoms with Crippen molar-refractivity contribution >= 4 is 16.2 Å². The van der Waals surface area contributed by atoms with Crippen molar-refractivity contribution in [2.45, 2.75) is 45.4 Å². The van der Waals surface area contributed by atoms with E-state index in [0.29, 0.717) is 16.2 Å². The molecule has 0 aromatic carbocycles. The molecule has 0 unspecified atom stereocenters. The van der Waals surface area contributed by atoms with Crippen LogP contribution < -0.4 is 0 Å². The number of hydrogen-bond acceptors (Lipinski definition) is 1. The van der Waals surface area contributed by atoms with Gasteiger partial charge in [-0.05, 0) is 0 Å². The first-order valence-corrected chi connectivity index (χ1v) is 4.57. The summed E-state index contributed by atoms with van der Waals surface area (Å²) in [5, 5.41) is 0. The summed E-state index contributed by atoms with van der Waals surface area (Å²) in [6, 6.07) is 0. The molecule has 0 spiro atoms. The van der Waals surface area contributed by atoms with Gasteiger partial charge in [-0.15, -0.1) is 0 Å². The van der Waals surface area contributed by atoms with Gasteiger partial charge in [0.25, 0.3) is 0 Å². The van der Waals surface area contributed by atoms with Gasteiger partial charge in [-0.2, -0.15) is 0 Å². The first kappa shape index (κ1) is 13.0. The van der Waals surface area contributed by atoms with Crippen molar-refractivity contribution in [2.75, 3.05) is 0 Å². The molecule has 0 fully saturated rings. The Morgan fingerprint density at radius 3 is 2.00 bits per heavy atom. The molecule has 0 aliphatic heterocycles. The van der Waals surface area contributed by atoms with Crippen LogP contribution >= 0.6 is 0 Å². The molecule has 0 bridgehead atoms. The van der Waals surface area contributed by atoms with Crippen LogP contribution in [0.15, 0.2) is 0 Å². The molecule has 0 saturated heterocycles. The number of rotatable bonds is 5. The van der Waals surface area contributed by atoms with Crippen LogP contribution in [0.5, 0.6) is 0 Å². The zero-order chi connectivity index (χ0) is 8.24. The summed E-state index contributed by atoms with van der Waals surface area (Å²) in [4.78, 5) is 0. The Balaban J connectivity index is 0. The fraction of sp³-hybridized carbons (Fsp3) is 0.875. The average molecular weight is 157 g/mol. The molecule has 2 heteroatoms. The Morgan fingerprint density at radius 2 is 1.60 bits per heavy atom. The van der Waals surface area contributed by atoms with Crippen molar-refractivity contribution in [1.82, 2.24) is 0 Å². The molecule has 0 aromatic rings. The van der Waals surface area contributed by atoms with E-state index in [-0.39, 0.29) is 0 Å². The average Bonchev–Trinajstić information content (AvgIpc) is 2.02. The van der Waals surface area contributed by atoms with Crippen LogP contribution in [0.2, 0.25) is 0 Å². The van der Waals surface area contributed by atoms with Crippen molar-refractivity contribution in [1.29, 1.82) is 0 Å². The third-order valence-corrected chi connectivity index (χ3v) is 1.35. The molecule has 0 saturated carbocycles. The molecule has 0 aliphatic rings. The van der Waals surface area contributed by atoms with Crippen molar-refractivity contribution in [3.8, 4) is 0 Å². The fourth-order valence-electron chi connectivity index (χ4n) is 0.780. The van der Waals surface area contributed by atoms with E-state index in [1.807, 2.05) is 0 Å². The number of unbranched alkanes of at least 4 members (excludes halogenated alkanes) is 5.